The summed E-state index contributed by atoms with van der Waals surface area (Å²) in [5, 5.41) is 27.3. The maximum Gasteiger partial charge on any atom is 0.224 e. The molecular weight excluding hydrogens is 346 g/mol. The number of hydrogen-bond acceptors (Lipinski definition) is 7. The van der Waals surface area contributed by atoms with Crippen molar-refractivity contribution in [1.29, 1.82) is 0 Å². The molecule has 4 rings (SSSR count). The number of hydrogen-bond donors (Lipinski definition) is 3. The highest BCUT2D eigenvalue weighted by atomic mass is 16.5. The first-order valence-corrected chi connectivity index (χ1v) is 9.23. The van der Waals surface area contributed by atoms with E-state index in [9.17, 15) is 5.11 Å². The van der Waals surface area contributed by atoms with Gasteiger partial charge in [0.05, 0.1) is 29.8 Å². The van der Waals surface area contributed by atoms with Gasteiger partial charge in [0.1, 0.15) is 12.4 Å². The van der Waals surface area contributed by atoms with Gasteiger partial charge in [-0.15, -0.1) is 0 Å². The van der Waals surface area contributed by atoms with Gasteiger partial charge in [0.25, 0.3) is 0 Å². The van der Waals surface area contributed by atoms with E-state index in [1.54, 1.807) is 17.1 Å². The Balaban J connectivity index is 1.58. The Morgan fingerprint density at radius 2 is 2.04 bits per heavy atom. The molecule has 1 aliphatic rings. The molecule has 1 aromatic carbocycles. The Kier molecular flexibility index (Phi) is 5.17. The van der Waals surface area contributed by atoms with Crippen LogP contribution in [-0.2, 0) is 0 Å². The van der Waals surface area contributed by atoms with Crippen LogP contribution in [0.2, 0.25) is 0 Å². The van der Waals surface area contributed by atoms with Gasteiger partial charge in [-0.25, -0.2) is 9.67 Å². The molecule has 142 valence electrons. The largest absolute Gasteiger partial charge is 0.490 e. The number of aliphatic hydroxyl groups excluding tert-OH is 2. The monoisotopic (exact) mass is 369 g/mol. The quantitative estimate of drug-likeness (QED) is 0.609. The smallest absolute Gasteiger partial charge is 0.224 e. The molecule has 1 aliphatic carbocycles. The standard InChI is InChI=1S/C19H23N5O3/c25-10-11-27-17-3-1-2-16-15(17)12-21-24(16)18-8-9-20-19(23-18)22-13-4-6-14(26)7-5-13/h1-3,8-9,12-14,25-26H,4-7,10-11H2,(H,20,22,23)/t13-,14-. The summed E-state index contributed by atoms with van der Waals surface area (Å²) < 4.78 is 7.33. The minimum Gasteiger partial charge on any atom is -0.490 e. The Labute approximate surface area is 156 Å². The van der Waals surface area contributed by atoms with Crippen LogP contribution in [0, 0.1) is 0 Å². The van der Waals surface area contributed by atoms with Gasteiger partial charge in [-0.1, -0.05) is 6.07 Å². The highest BCUT2D eigenvalue weighted by Gasteiger charge is 2.20. The Hall–Kier alpha value is -2.71. The highest BCUT2D eigenvalue weighted by Crippen LogP contribution is 2.27. The lowest BCUT2D eigenvalue weighted by atomic mass is 9.93. The van der Waals surface area contributed by atoms with Gasteiger partial charge in [-0.3, -0.25) is 0 Å². The number of anilines is 1. The number of aromatic nitrogens is 4. The van der Waals surface area contributed by atoms with Crippen LogP contribution in [0.3, 0.4) is 0 Å². The van der Waals surface area contributed by atoms with Crippen molar-refractivity contribution in [3.63, 3.8) is 0 Å². The number of nitrogens with one attached hydrogen (secondary N) is 1. The highest BCUT2D eigenvalue weighted by molar-refractivity contribution is 5.86. The number of nitrogens with zero attached hydrogens (tertiary/aromatic N) is 4. The van der Waals surface area contributed by atoms with Crippen LogP contribution in [0.15, 0.2) is 36.7 Å². The van der Waals surface area contributed by atoms with Crippen molar-refractivity contribution < 1.29 is 14.9 Å². The molecule has 2 aromatic heterocycles. The maximum absolute atomic E-state index is 9.64. The molecule has 0 aliphatic heterocycles. The van der Waals surface area contributed by atoms with Crippen molar-refractivity contribution in [3.05, 3.63) is 36.7 Å². The average Bonchev–Trinajstić information content (AvgIpc) is 3.13. The lowest BCUT2D eigenvalue weighted by Crippen LogP contribution is -2.29. The summed E-state index contributed by atoms with van der Waals surface area (Å²) in [6.45, 7) is 0.200. The average molecular weight is 369 g/mol. The van der Waals surface area contributed by atoms with Crippen molar-refractivity contribution >= 4 is 16.9 Å². The molecule has 0 radical (unpaired) electrons. The molecule has 27 heavy (non-hydrogen) atoms. The molecule has 0 atom stereocenters. The molecule has 8 nitrogen and oxygen atoms in total. The predicted octanol–water partition coefficient (Wildman–Crippen LogP) is 1.90. The van der Waals surface area contributed by atoms with Gasteiger partial charge in [0.2, 0.25) is 5.95 Å². The molecule has 0 spiro atoms. The molecule has 2 heterocycles. The van der Waals surface area contributed by atoms with Crippen LogP contribution in [-0.4, -0.2) is 55.3 Å². The van der Waals surface area contributed by atoms with E-state index in [1.807, 2.05) is 24.3 Å². The molecule has 1 saturated carbocycles. The summed E-state index contributed by atoms with van der Waals surface area (Å²) in [6.07, 6.45) is 6.68. The maximum atomic E-state index is 9.64. The van der Waals surface area contributed by atoms with E-state index in [4.69, 9.17) is 9.84 Å². The van der Waals surface area contributed by atoms with Crippen LogP contribution < -0.4 is 10.1 Å². The third-order valence-electron chi connectivity index (χ3n) is 4.81. The van der Waals surface area contributed by atoms with Crippen molar-refractivity contribution in [2.24, 2.45) is 0 Å². The number of rotatable bonds is 6. The second-order valence-corrected chi connectivity index (χ2v) is 6.71. The van der Waals surface area contributed by atoms with Crippen LogP contribution in [0.1, 0.15) is 25.7 Å². The van der Waals surface area contributed by atoms with Gasteiger partial charge in [0.15, 0.2) is 5.82 Å². The first-order chi connectivity index (χ1) is 13.2. The van der Waals surface area contributed by atoms with Gasteiger partial charge >= 0.3 is 0 Å². The van der Waals surface area contributed by atoms with E-state index in [-0.39, 0.29) is 25.4 Å². The summed E-state index contributed by atoms with van der Waals surface area (Å²) in [6, 6.07) is 7.78. The zero-order valence-electron chi connectivity index (χ0n) is 15.0. The normalized spacial score (nSPS) is 19.9. The fourth-order valence-corrected chi connectivity index (χ4v) is 3.43. The first-order valence-electron chi connectivity index (χ1n) is 9.23. The molecule has 1 fully saturated rings. The van der Waals surface area contributed by atoms with Crippen LogP contribution in [0.4, 0.5) is 5.95 Å². The summed E-state index contributed by atoms with van der Waals surface area (Å²) in [7, 11) is 0. The van der Waals surface area contributed by atoms with E-state index in [0.717, 1.165) is 36.6 Å². The molecule has 0 unspecified atom stereocenters. The molecule has 3 N–H and O–H groups in total. The molecule has 0 amide bonds. The lowest BCUT2D eigenvalue weighted by Gasteiger charge is -2.26. The number of benzene rings is 1. The molecule has 8 heteroatoms. The van der Waals surface area contributed by atoms with Crippen LogP contribution >= 0.6 is 0 Å². The van der Waals surface area contributed by atoms with Crippen molar-refractivity contribution in [2.45, 2.75) is 37.8 Å². The second kappa shape index (κ2) is 7.89. The summed E-state index contributed by atoms with van der Waals surface area (Å²) in [4.78, 5) is 8.93. The number of ether oxygens (including phenoxy) is 1. The second-order valence-electron chi connectivity index (χ2n) is 6.71. The Bertz CT molecular complexity index is 905. The van der Waals surface area contributed by atoms with Crippen LogP contribution in [0.25, 0.3) is 16.7 Å². The van der Waals surface area contributed by atoms with E-state index in [0.29, 0.717) is 17.5 Å². The van der Waals surface area contributed by atoms with Gasteiger partial charge in [-0.05, 0) is 37.8 Å². The summed E-state index contributed by atoms with van der Waals surface area (Å²) >= 11 is 0. The fraction of sp³-hybridized carbons (Fsp3) is 0.421. The summed E-state index contributed by atoms with van der Waals surface area (Å²) in [5.41, 5.74) is 0.871. The third kappa shape index (κ3) is 3.86. The number of fused-ring (bicyclic) bond motifs is 1. The fourth-order valence-electron chi connectivity index (χ4n) is 3.43. The zero-order valence-corrected chi connectivity index (χ0v) is 15.0. The zero-order chi connectivity index (χ0) is 18.6. The minimum atomic E-state index is -0.187. The minimum absolute atomic E-state index is 0.0380. The van der Waals surface area contributed by atoms with E-state index in [2.05, 4.69) is 20.4 Å². The molecule has 3 aromatic rings. The summed E-state index contributed by atoms with van der Waals surface area (Å²) in [5.74, 6) is 1.91. The predicted molar refractivity (Wildman–Crippen MR) is 101 cm³/mol. The van der Waals surface area contributed by atoms with Gasteiger partial charge < -0.3 is 20.3 Å². The van der Waals surface area contributed by atoms with E-state index >= 15 is 0 Å². The Morgan fingerprint density at radius 3 is 2.85 bits per heavy atom. The Morgan fingerprint density at radius 1 is 1.19 bits per heavy atom. The van der Waals surface area contributed by atoms with E-state index < -0.39 is 0 Å². The van der Waals surface area contributed by atoms with Crippen LogP contribution in [0.5, 0.6) is 5.75 Å². The molecule has 0 bridgehead atoms. The molecular formula is C19H23N5O3. The molecule has 0 saturated heterocycles. The topological polar surface area (TPSA) is 105 Å². The van der Waals surface area contributed by atoms with E-state index in [1.165, 1.54) is 0 Å². The van der Waals surface area contributed by atoms with Crippen molar-refractivity contribution in [3.8, 4) is 11.6 Å². The van der Waals surface area contributed by atoms with Gasteiger partial charge in [0, 0.05) is 18.3 Å². The first kappa shape index (κ1) is 17.7. The van der Waals surface area contributed by atoms with Gasteiger partial charge in [-0.2, -0.15) is 10.1 Å². The third-order valence-corrected chi connectivity index (χ3v) is 4.81. The number of aliphatic hydroxyl groups is 2. The SMILES string of the molecule is OCCOc1cccc2c1cnn2-c1ccnc(N[C@H]2CC[C@H](O)CC2)n1. The van der Waals surface area contributed by atoms with Crippen molar-refractivity contribution in [2.75, 3.05) is 18.5 Å². The van der Waals surface area contributed by atoms with Crippen molar-refractivity contribution in [1.82, 2.24) is 19.7 Å². The lowest BCUT2D eigenvalue weighted by molar-refractivity contribution is 0.126.